The summed E-state index contributed by atoms with van der Waals surface area (Å²) < 4.78 is 10.5. The number of methoxy groups -OCH3 is 2. The first-order valence-electron chi connectivity index (χ1n) is 5.75. The van der Waals surface area contributed by atoms with E-state index in [4.69, 9.17) is 20.3 Å². The van der Waals surface area contributed by atoms with E-state index in [1.165, 1.54) is 0 Å². The van der Waals surface area contributed by atoms with Crippen LogP contribution in [0.4, 0.5) is 0 Å². The molecule has 0 aliphatic heterocycles. The van der Waals surface area contributed by atoms with E-state index in [2.05, 4.69) is 0 Å². The van der Waals surface area contributed by atoms with Crippen molar-refractivity contribution in [1.82, 2.24) is 0 Å². The second kappa shape index (κ2) is 6.26. The zero-order valence-corrected chi connectivity index (χ0v) is 10.9. The SMILES string of the molecule is CCc1cc(OC)c(CC(N)C(=O)O)cc1OC. The Balaban J connectivity index is 3.13. The maximum atomic E-state index is 10.8. The van der Waals surface area contributed by atoms with Gasteiger partial charge >= 0.3 is 5.97 Å². The molecule has 0 radical (unpaired) electrons. The summed E-state index contributed by atoms with van der Waals surface area (Å²) in [6.45, 7) is 2.01. The van der Waals surface area contributed by atoms with Crippen LogP contribution in [0, 0.1) is 0 Å². The van der Waals surface area contributed by atoms with Crippen LogP contribution in [0.25, 0.3) is 0 Å². The van der Waals surface area contributed by atoms with Gasteiger partial charge in [0.1, 0.15) is 17.5 Å². The first-order valence-corrected chi connectivity index (χ1v) is 5.75. The lowest BCUT2D eigenvalue weighted by atomic mass is 10.0. The number of aryl methyl sites for hydroxylation is 1. The summed E-state index contributed by atoms with van der Waals surface area (Å²) in [7, 11) is 3.14. The fourth-order valence-electron chi connectivity index (χ4n) is 1.78. The molecule has 0 aromatic heterocycles. The van der Waals surface area contributed by atoms with Crippen LogP contribution >= 0.6 is 0 Å². The van der Waals surface area contributed by atoms with Crippen LogP contribution in [-0.2, 0) is 17.6 Å². The number of benzene rings is 1. The fraction of sp³-hybridized carbons (Fsp3) is 0.462. The highest BCUT2D eigenvalue weighted by atomic mass is 16.5. The average Bonchev–Trinajstić information content (AvgIpc) is 2.37. The van der Waals surface area contributed by atoms with Crippen molar-refractivity contribution in [3.05, 3.63) is 23.3 Å². The number of carboxylic acid groups (broad SMARTS) is 1. The molecule has 0 aliphatic carbocycles. The van der Waals surface area contributed by atoms with Crippen LogP contribution in [0.3, 0.4) is 0 Å². The molecule has 5 nitrogen and oxygen atoms in total. The maximum absolute atomic E-state index is 10.8. The number of nitrogens with two attached hydrogens (primary N) is 1. The average molecular weight is 253 g/mol. The second-order valence-electron chi connectivity index (χ2n) is 3.98. The number of carbonyl (C=O) groups is 1. The molecule has 0 amide bonds. The first-order chi connectivity index (χ1) is 8.53. The molecule has 100 valence electrons. The number of ether oxygens (including phenoxy) is 2. The van der Waals surface area contributed by atoms with Gasteiger partial charge in [0.2, 0.25) is 0 Å². The molecule has 1 aromatic rings. The lowest BCUT2D eigenvalue weighted by Gasteiger charge is -2.15. The van der Waals surface area contributed by atoms with Crippen LogP contribution in [-0.4, -0.2) is 31.3 Å². The van der Waals surface area contributed by atoms with Crippen LogP contribution in [0.1, 0.15) is 18.1 Å². The molecule has 1 atom stereocenters. The molecule has 5 heteroatoms. The molecule has 0 fully saturated rings. The van der Waals surface area contributed by atoms with E-state index in [1.807, 2.05) is 13.0 Å². The van der Waals surface area contributed by atoms with E-state index >= 15 is 0 Å². The summed E-state index contributed by atoms with van der Waals surface area (Å²) in [6.07, 6.45) is 1.02. The molecule has 1 aromatic carbocycles. The van der Waals surface area contributed by atoms with Crippen molar-refractivity contribution in [3.63, 3.8) is 0 Å². The third-order valence-corrected chi connectivity index (χ3v) is 2.82. The number of aliphatic carboxylic acids is 1. The van der Waals surface area contributed by atoms with Crippen LogP contribution < -0.4 is 15.2 Å². The second-order valence-corrected chi connectivity index (χ2v) is 3.98. The van der Waals surface area contributed by atoms with Crippen LogP contribution in [0.5, 0.6) is 11.5 Å². The summed E-state index contributed by atoms with van der Waals surface area (Å²) in [6, 6.07) is 2.71. The largest absolute Gasteiger partial charge is 0.496 e. The molecule has 3 N–H and O–H groups in total. The lowest BCUT2D eigenvalue weighted by Crippen LogP contribution is -2.32. The standard InChI is InChI=1S/C13H19NO4/c1-4-8-6-12(18-3)9(7-11(8)17-2)5-10(14)13(15)16/h6-7,10H,4-5,14H2,1-3H3,(H,15,16). The molecular weight excluding hydrogens is 234 g/mol. The number of carboxylic acids is 1. The van der Waals surface area contributed by atoms with Gasteiger partial charge in [-0.25, -0.2) is 0 Å². The Labute approximate surface area is 107 Å². The molecule has 18 heavy (non-hydrogen) atoms. The van der Waals surface area contributed by atoms with Crippen molar-refractivity contribution in [2.45, 2.75) is 25.8 Å². The topological polar surface area (TPSA) is 81.8 Å². The summed E-state index contributed by atoms with van der Waals surface area (Å²) in [5.41, 5.74) is 7.29. The zero-order chi connectivity index (χ0) is 13.7. The van der Waals surface area contributed by atoms with Gasteiger partial charge in [-0.15, -0.1) is 0 Å². The minimum absolute atomic E-state index is 0.207. The molecule has 0 heterocycles. The third kappa shape index (κ3) is 3.13. The Bertz CT molecular complexity index is 431. The van der Waals surface area contributed by atoms with E-state index in [9.17, 15) is 4.79 Å². The van der Waals surface area contributed by atoms with Gasteiger partial charge in [0.25, 0.3) is 0 Å². The van der Waals surface area contributed by atoms with Crippen molar-refractivity contribution in [3.8, 4) is 11.5 Å². The first kappa shape index (κ1) is 14.3. The van der Waals surface area contributed by atoms with Gasteiger partial charge in [0.05, 0.1) is 14.2 Å². The van der Waals surface area contributed by atoms with Crippen LogP contribution in [0.15, 0.2) is 12.1 Å². The van der Waals surface area contributed by atoms with Gasteiger partial charge in [-0.3, -0.25) is 4.79 Å². The molecular formula is C13H19NO4. The van der Waals surface area contributed by atoms with Crippen molar-refractivity contribution in [1.29, 1.82) is 0 Å². The molecule has 1 rings (SSSR count). The highest BCUT2D eigenvalue weighted by molar-refractivity contribution is 5.73. The third-order valence-electron chi connectivity index (χ3n) is 2.82. The molecule has 0 spiro atoms. The molecule has 0 saturated heterocycles. The van der Waals surface area contributed by atoms with E-state index in [-0.39, 0.29) is 6.42 Å². The Hall–Kier alpha value is -1.75. The van der Waals surface area contributed by atoms with E-state index in [0.29, 0.717) is 5.75 Å². The molecule has 1 unspecified atom stereocenters. The van der Waals surface area contributed by atoms with Gasteiger partial charge in [-0.05, 0) is 29.7 Å². The van der Waals surface area contributed by atoms with E-state index in [0.717, 1.165) is 23.3 Å². The molecule has 0 saturated carbocycles. The van der Waals surface area contributed by atoms with Gasteiger partial charge in [-0.2, -0.15) is 0 Å². The predicted molar refractivity (Wildman–Crippen MR) is 68.2 cm³/mol. The van der Waals surface area contributed by atoms with Gasteiger partial charge in [0, 0.05) is 6.42 Å². The summed E-state index contributed by atoms with van der Waals surface area (Å²) in [5, 5.41) is 8.84. The van der Waals surface area contributed by atoms with Gasteiger partial charge in [0.15, 0.2) is 0 Å². The van der Waals surface area contributed by atoms with Crippen molar-refractivity contribution in [2.24, 2.45) is 5.73 Å². The van der Waals surface area contributed by atoms with Crippen LogP contribution in [0.2, 0.25) is 0 Å². The molecule has 0 bridgehead atoms. The van der Waals surface area contributed by atoms with Crippen molar-refractivity contribution in [2.75, 3.05) is 14.2 Å². The van der Waals surface area contributed by atoms with Gasteiger partial charge in [-0.1, -0.05) is 6.92 Å². The number of hydrogen-bond acceptors (Lipinski definition) is 4. The number of hydrogen-bond donors (Lipinski definition) is 2. The smallest absolute Gasteiger partial charge is 0.320 e. The highest BCUT2D eigenvalue weighted by Crippen LogP contribution is 2.29. The van der Waals surface area contributed by atoms with Crippen molar-refractivity contribution < 1.29 is 19.4 Å². The summed E-state index contributed by atoms with van der Waals surface area (Å²) in [5.74, 6) is 0.339. The Morgan fingerprint density at radius 3 is 2.22 bits per heavy atom. The predicted octanol–water partition coefficient (Wildman–Crippen LogP) is 1.22. The maximum Gasteiger partial charge on any atom is 0.320 e. The zero-order valence-electron chi connectivity index (χ0n) is 10.9. The van der Waals surface area contributed by atoms with E-state index in [1.54, 1.807) is 20.3 Å². The Kier molecular flexibility index (Phi) is 4.97. The summed E-state index contributed by atoms with van der Waals surface area (Å²) >= 11 is 0. The van der Waals surface area contributed by atoms with Gasteiger partial charge < -0.3 is 20.3 Å². The monoisotopic (exact) mass is 253 g/mol. The fourth-order valence-corrected chi connectivity index (χ4v) is 1.78. The van der Waals surface area contributed by atoms with Crippen molar-refractivity contribution >= 4 is 5.97 Å². The highest BCUT2D eigenvalue weighted by Gasteiger charge is 2.17. The number of rotatable bonds is 6. The molecule has 0 aliphatic rings. The minimum atomic E-state index is -1.03. The Morgan fingerprint density at radius 1 is 1.28 bits per heavy atom. The minimum Gasteiger partial charge on any atom is -0.496 e. The quantitative estimate of drug-likeness (QED) is 0.796. The summed E-state index contributed by atoms with van der Waals surface area (Å²) in [4.78, 5) is 10.8. The van der Waals surface area contributed by atoms with E-state index < -0.39 is 12.0 Å². The lowest BCUT2D eigenvalue weighted by molar-refractivity contribution is -0.138. The Morgan fingerprint density at radius 2 is 1.78 bits per heavy atom. The normalized spacial score (nSPS) is 12.0.